The lowest BCUT2D eigenvalue weighted by atomic mass is 9.82. The summed E-state index contributed by atoms with van der Waals surface area (Å²) < 4.78 is 4.96. The molecule has 0 aliphatic heterocycles. The summed E-state index contributed by atoms with van der Waals surface area (Å²) in [4.78, 5) is 12.2. The van der Waals surface area contributed by atoms with Gasteiger partial charge in [-0.25, -0.2) is 0 Å². The van der Waals surface area contributed by atoms with Gasteiger partial charge in [0.15, 0.2) is 0 Å². The fourth-order valence-corrected chi connectivity index (χ4v) is 2.33. The molecule has 0 amide bonds. The molecule has 1 unspecified atom stereocenters. The first-order valence-corrected chi connectivity index (χ1v) is 7.15. The smallest absolute Gasteiger partial charge is 0.315 e. The monoisotopic (exact) mass is 296 g/mol. The molecule has 1 atom stereocenters. The van der Waals surface area contributed by atoms with Gasteiger partial charge in [0, 0.05) is 0 Å². The number of hydrogen-bond acceptors (Lipinski definition) is 4. The molecule has 2 aromatic rings. The fourth-order valence-electron chi connectivity index (χ4n) is 2.33. The normalized spacial score (nSPS) is 13.0. The van der Waals surface area contributed by atoms with Gasteiger partial charge in [0.1, 0.15) is 5.92 Å². The van der Waals surface area contributed by atoms with Gasteiger partial charge in [-0.1, -0.05) is 48.5 Å². The van der Waals surface area contributed by atoms with Crippen LogP contribution in [-0.2, 0) is 9.53 Å². The summed E-state index contributed by atoms with van der Waals surface area (Å²) in [6, 6.07) is 19.0. The number of carbonyl (C=O) groups is 1. The SMILES string of the molecule is COC(=O)C(c1ccccc1)C(C)(C)N=Nc1ccccc1. The van der Waals surface area contributed by atoms with Crippen molar-refractivity contribution in [2.24, 2.45) is 10.2 Å². The predicted molar refractivity (Wildman–Crippen MR) is 86.2 cm³/mol. The molecule has 4 heteroatoms. The van der Waals surface area contributed by atoms with Crippen LogP contribution in [-0.4, -0.2) is 18.6 Å². The Balaban J connectivity index is 2.33. The largest absolute Gasteiger partial charge is 0.468 e. The molecular weight excluding hydrogens is 276 g/mol. The van der Waals surface area contributed by atoms with E-state index < -0.39 is 11.5 Å². The summed E-state index contributed by atoms with van der Waals surface area (Å²) >= 11 is 0. The number of rotatable bonds is 5. The quantitative estimate of drug-likeness (QED) is 0.602. The van der Waals surface area contributed by atoms with Crippen LogP contribution in [0.1, 0.15) is 25.3 Å². The Morgan fingerprint density at radius 2 is 1.55 bits per heavy atom. The third kappa shape index (κ3) is 3.79. The van der Waals surface area contributed by atoms with Gasteiger partial charge in [-0.05, 0) is 31.5 Å². The first-order chi connectivity index (χ1) is 10.5. The highest BCUT2D eigenvalue weighted by Gasteiger charge is 2.37. The van der Waals surface area contributed by atoms with Crippen LogP contribution in [0, 0.1) is 0 Å². The van der Waals surface area contributed by atoms with E-state index in [0.717, 1.165) is 11.3 Å². The van der Waals surface area contributed by atoms with E-state index in [1.165, 1.54) is 7.11 Å². The molecule has 0 spiro atoms. The molecule has 0 bridgehead atoms. The Morgan fingerprint density at radius 1 is 1.00 bits per heavy atom. The van der Waals surface area contributed by atoms with E-state index in [0.29, 0.717) is 0 Å². The van der Waals surface area contributed by atoms with Crippen LogP contribution in [0.4, 0.5) is 5.69 Å². The number of esters is 1. The van der Waals surface area contributed by atoms with Crippen LogP contribution in [0.25, 0.3) is 0 Å². The van der Waals surface area contributed by atoms with Crippen molar-refractivity contribution in [1.82, 2.24) is 0 Å². The Labute approximate surface area is 130 Å². The van der Waals surface area contributed by atoms with E-state index in [2.05, 4.69) is 10.2 Å². The summed E-state index contributed by atoms with van der Waals surface area (Å²) in [5, 5.41) is 8.65. The molecule has 0 saturated heterocycles. The lowest BCUT2D eigenvalue weighted by molar-refractivity contribution is -0.143. The molecule has 0 heterocycles. The fraction of sp³-hybridized carbons (Fsp3) is 0.278. The third-order valence-corrected chi connectivity index (χ3v) is 3.46. The van der Waals surface area contributed by atoms with E-state index in [1.54, 1.807) is 0 Å². The number of ether oxygens (including phenoxy) is 1. The molecular formula is C18H20N2O2. The van der Waals surface area contributed by atoms with Gasteiger partial charge in [0.2, 0.25) is 0 Å². The highest BCUT2D eigenvalue weighted by Crippen LogP contribution is 2.33. The maximum Gasteiger partial charge on any atom is 0.315 e. The van der Waals surface area contributed by atoms with Gasteiger partial charge in [-0.2, -0.15) is 10.2 Å². The van der Waals surface area contributed by atoms with Crippen LogP contribution < -0.4 is 0 Å². The van der Waals surface area contributed by atoms with Gasteiger partial charge in [-0.15, -0.1) is 0 Å². The van der Waals surface area contributed by atoms with Gasteiger partial charge in [0.05, 0.1) is 18.3 Å². The first kappa shape index (κ1) is 15.9. The summed E-state index contributed by atoms with van der Waals surface area (Å²) in [5.74, 6) is -0.825. The number of methoxy groups -OCH3 is 1. The van der Waals surface area contributed by atoms with Gasteiger partial charge >= 0.3 is 5.97 Å². The van der Waals surface area contributed by atoms with Crippen LogP contribution in [0.5, 0.6) is 0 Å². The molecule has 0 aliphatic rings. The molecule has 0 N–H and O–H groups in total. The van der Waals surface area contributed by atoms with Crippen molar-refractivity contribution >= 4 is 11.7 Å². The zero-order valence-corrected chi connectivity index (χ0v) is 13.1. The second-order valence-electron chi connectivity index (χ2n) is 5.56. The summed E-state index contributed by atoms with van der Waals surface area (Å²) in [6.45, 7) is 3.77. The second kappa shape index (κ2) is 6.98. The average Bonchev–Trinajstić information content (AvgIpc) is 2.55. The molecule has 0 aromatic heterocycles. The molecule has 0 saturated carbocycles. The van der Waals surface area contributed by atoms with Crippen LogP contribution in [0.3, 0.4) is 0 Å². The van der Waals surface area contributed by atoms with Crippen molar-refractivity contribution in [2.75, 3.05) is 7.11 Å². The van der Waals surface area contributed by atoms with E-state index in [4.69, 9.17) is 4.74 Å². The van der Waals surface area contributed by atoms with Gasteiger partial charge < -0.3 is 4.74 Å². The van der Waals surface area contributed by atoms with Gasteiger partial charge in [0.25, 0.3) is 0 Å². The van der Waals surface area contributed by atoms with E-state index >= 15 is 0 Å². The summed E-state index contributed by atoms with van der Waals surface area (Å²) in [5.41, 5.74) is 0.906. The molecule has 0 aliphatic carbocycles. The standard InChI is InChI=1S/C18H20N2O2/c1-18(2,20-19-15-12-8-5-9-13-15)16(17(21)22-3)14-10-6-4-7-11-14/h4-13,16H,1-3H3. The minimum atomic E-state index is -0.718. The Bertz CT molecular complexity index is 637. The van der Waals surface area contributed by atoms with Crippen molar-refractivity contribution in [3.05, 3.63) is 66.2 Å². The Kier molecular flexibility index (Phi) is 5.04. The molecule has 0 fully saturated rings. The van der Waals surface area contributed by atoms with E-state index in [1.807, 2.05) is 74.5 Å². The van der Waals surface area contributed by atoms with Crippen molar-refractivity contribution in [3.63, 3.8) is 0 Å². The molecule has 2 rings (SSSR count). The zero-order chi connectivity index (χ0) is 16.0. The number of azo groups is 1. The summed E-state index contributed by atoms with van der Waals surface area (Å²) in [6.07, 6.45) is 0. The zero-order valence-electron chi connectivity index (χ0n) is 13.1. The minimum absolute atomic E-state index is 0.316. The number of nitrogens with zero attached hydrogens (tertiary/aromatic N) is 2. The number of hydrogen-bond donors (Lipinski definition) is 0. The topological polar surface area (TPSA) is 51.0 Å². The van der Waals surface area contributed by atoms with Crippen molar-refractivity contribution < 1.29 is 9.53 Å². The van der Waals surface area contributed by atoms with E-state index in [-0.39, 0.29) is 5.97 Å². The maximum absolute atomic E-state index is 12.2. The highest BCUT2D eigenvalue weighted by molar-refractivity contribution is 5.79. The molecule has 22 heavy (non-hydrogen) atoms. The van der Waals surface area contributed by atoms with Crippen molar-refractivity contribution in [1.29, 1.82) is 0 Å². The lowest BCUT2D eigenvalue weighted by Gasteiger charge is -2.27. The lowest BCUT2D eigenvalue weighted by Crippen LogP contribution is -2.33. The van der Waals surface area contributed by atoms with Crippen LogP contribution in [0.15, 0.2) is 70.9 Å². The number of carbonyl (C=O) groups excluding carboxylic acids is 1. The second-order valence-corrected chi connectivity index (χ2v) is 5.56. The maximum atomic E-state index is 12.2. The van der Waals surface area contributed by atoms with Crippen molar-refractivity contribution in [3.8, 4) is 0 Å². The highest BCUT2D eigenvalue weighted by atomic mass is 16.5. The average molecular weight is 296 g/mol. The van der Waals surface area contributed by atoms with E-state index in [9.17, 15) is 4.79 Å². The minimum Gasteiger partial charge on any atom is -0.468 e. The Morgan fingerprint density at radius 3 is 2.09 bits per heavy atom. The number of benzene rings is 2. The van der Waals surface area contributed by atoms with Gasteiger partial charge in [-0.3, -0.25) is 4.79 Å². The third-order valence-electron chi connectivity index (χ3n) is 3.46. The summed E-state index contributed by atoms with van der Waals surface area (Å²) in [7, 11) is 1.39. The Hall–Kier alpha value is -2.49. The molecule has 2 aromatic carbocycles. The first-order valence-electron chi connectivity index (χ1n) is 7.15. The predicted octanol–water partition coefficient (Wildman–Crippen LogP) is 4.51. The molecule has 114 valence electrons. The molecule has 4 nitrogen and oxygen atoms in total. The van der Waals surface area contributed by atoms with Crippen LogP contribution >= 0.6 is 0 Å². The van der Waals surface area contributed by atoms with Crippen molar-refractivity contribution in [2.45, 2.75) is 25.3 Å². The molecule has 0 radical (unpaired) electrons. The van der Waals surface area contributed by atoms with Crippen LogP contribution in [0.2, 0.25) is 0 Å².